The van der Waals surface area contributed by atoms with Crippen LogP contribution in [0.5, 0.6) is 0 Å². The molecule has 1 heterocycles. The summed E-state index contributed by atoms with van der Waals surface area (Å²) in [6, 6.07) is 13.6. The van der Waals surface area contributed by atoms with Gasteiger partial charge >= 0.3 is 5.97 Å². The summed E-state index contributed by atoms with van der Waals surface area (Å²) in [5.41, 5.74) is 4.59. The van der Waals surface area contributed by atoms with Gasteiger partial charge in [-0.2, -0.15) is 23.5 Å². The molecule has 2 fully saturated rings. The molecule has 2 aromatic rings. The molecule has 1 aliphatic carbocycles. The molecule has 1 unspecified atom stereocenters. The number of hydrogen-bond acceptors (Lipinski definition) is 6. The monoisotopic (exact) mass is 584 g/mol. The Morgan fingerprint density at radius 1 is 1.15 bits per heavy atom. The zero-order valence-electron chi connectivity index (χ0n) is 24.1. The average molecular weight is 585 g/mol. The van der Waals surface area contributed by atoms with Gasteiger partial charge < -0.3 is 15.2 Å². The van der Waals surface area contributed by atoms with Crippen molar-refractivity contribution in [3.05, 3.63) is 59.2 Å². The third-order valence-electron chi connectivity index (χ3n) is 8.41. The molecule has 1 saturated carbocycles. The fraction of sp³-hybridized carbons (Fsp3) is 0.562. The van der Waals surface area contributed by atoms with Gasteiger partial charge in [0.1, 0.15) is 6.04 Å². The number of hydrogen-bond donors (Lipinski definition) is 2. The number of ether oxygens (including phenoxy) is 1. The highest BCUT2D eigenvalue weighted by atomic mass is 32.2. The van der Waals surface area contributed by atoms with Crippen LogP contribution < -0.4 is 5.32 Å². The molecule has 0 aromatic heterocycles. The third kappa shape index (κ3) is 7.84. The molecule has 2 aromatic carbocycles. The fourth-order valence-electron chi connectivity index (χ4n) is 6.23. The minimum Gasteiger partial charge on any atom is -0.480 e. The van der Waals surface area contributed by atoms with Crippen LogP contribution in [0.25, 0.3) is 11.1 Å². The topological polar surface area (TPSA) is 78.9 Å². The van der Waals surface area contributed by atoms with E-state index in [9.17, 15) is 14.7 Å². The van der Waals surface area contributed by atoms with Crippen molar-refractivity contribution in [1.29, 1.82) is 0 Å². The Morgan fingerprint density at radius 3 is 2.62 bits per heavy atom. The summed E-state index contributed by atoms with van der Waals surface area (Å²) >= 11 is 3.60. The molecule has 40 heavy (non-hydrogen) atoms. The lowest BCUT2D eigenvalue weighted by atomic mass is 9.82. The van der Waals surface area contributed by atoms with Crippen molar-refractivity contribution in [2.75, 3.05) is 37.2 Å². The molecule has 0 bridgehead atoms. The Morgan fingerprint density at radius 2 is 1.93 bits per heavy atom. The lowest BCUT2D eigenvalue weighted by molar-refractivity contribution is -0.139. The lowest BCUT2D eigenvalue weighted by Crippen LogP contribution is -2.52. The van der Waals surface area contributed by atoms with Crippen molar-refractivity contribution in [2.24, 2.45) is 5.92 Å². The molecule has 3 atom stereocenters. The minimum atomic E-state index is -1.00. The summed E-state index contributed by atoms with van der Waals surface area (Å²) < 4.78 is 6.18. The van der Waals surface area contributed by atoms with Gasteiger partial charge in [0.15, 0.2) is 0 Å². The quantitative estimate of drug-likeness (QED) is 0.312. The largest absolute Gasteiger partial charge is 0.480 e. The molecule has 6 nitrogen and oxygen atoms in total. The van der Waals surface area contributed by atoms with E-state index < -0.39 is 12.0 Å². The Kier molecular flexibility index (Phi) is 11.8. The first-order chi connectivity index (χ1) is 19.4. The van der Waals surface area contributed by atoms with Crippen LogP contribution in [-0.2, 0) is 16.1 Å². The number of aryl methyl sites for hydroxylation is 1. The van der Waals surface area contributed by atoms with Gasteiger partial charge in [-0.15, -0.1) is 0 Å². The number of amides is 1. The molecule has 8 heteroatoms. The van der Waals surface area contributed by atoms with E-state index in [4.69, 9.17) is 4.74 Å². The third-order valence-corrected chi connectivity index (χ3v) is 10.1. The molecule has 218 valence electrons. The first-order valence-corrected chi connectivity index (χ1v) is 17.0. The number of rotatable bonds is 12. The summed E-state index contributed by atoms with van der Waals surface area (Å²) in [6.45, 7) is 3.86. The van der Waals surface area contributed by atoms with Crippen LogP contribution in [0.1, 0.15) is 60.0 Å². The Labute approximate surface area is 248 Å². The first-order valence-electron chi connectivity index (χ1n) is 14.5. The molecule has 0 radical (unpaired) electrons. The maximum absolute atomic E-state index is 13.5. The van der Waals surface area contributed by atoms with E-state index in [-0.39, 0.29) is 12.0 Å². The highest BCUT2D eigenvalue weighted by Crippen LogP contribution is 2.35. The van der Waals surface area contributed by atoms with Gasteiger partial charge in [-0.1, -0.05) is 49.6 Å². The lowest BCUT2D eigenvalue weighted by Gasteiger charge is -2.43. The number of carbonyl (C=O) groups excluding carboxylic acids is 1. The smallest absolute Gasteiger partial charge is 0.326 e. The summed E-state index contributed by atoms with van der Waals surface area (Å²) in [5, 5.41) is 12.5. The number of carboxylic acid groups (broad SMARTS) is 1. The maximum atomic E-state index is 13.5. The van der Waals surface area contributed by atoms with Crippen molar-refractivity contribution >= 4 is 35.4 Å². The summed E-state index contributed by atoms with van der Waals surface area (Å²) in [7, 11) is 1.88. The van der Waals surface area contributed by atoms with Crippen molar-refractivity contribution in [3.8, 4) is 11.1 Å². The van der Waals surface area contributed by atoms with Gasteiger partial charge in [-0.05, 0) is 78.5 Å². The van der Waals surface area contributed by atoms with E-state index in [1.807, 2.05) is 68.4 Å². The first kappa shape index (κ1) is 30.9. The minimum absolute atomic E-state index is 0.239. The average Bonchev–Trinajstić information content (AvgIpc) is 2.97. The van der Waals surface area contributed by atoms with E-state index >= 15 is 0 Å². The van der Waals surface area contributed by atoms with Crippen molar-refractivity contribution in [3.63, 3.8) is 0 Å². The van der Waals surface area contributed by atoms with Gasteiger partial charge in [0.25, 0.3) is 5.91 Å². The van der Waals surface area contributed by atoms with Gasteiger partial charge in [-0.25, -0.2) is 4.79 Å². The summed E-state index contributed by atoms with van der Waals surface area (Å²) in [6.07, 6.45) is 9.00. The number of nitrogens with one attached hydrogen (secondary N) is 1. The number of thioether (sulfide) groups is 2. The number of aliphatic carboxylic acids is 1. The molecular weight excluding hydrogens is 540 g/mol. The molecular formula is C32H44N2O4S2. The van der Waals surface area contributed by atoms with Crippen LogP contribution >= 0.6 is 23.5 Å². The number of nitrogens with zero attached hydrogens (tertiary/aromatic N) is 1. The number of benzene rings is 2. The summed E-state index contributed by atoms with van der Waals surface area (Å²) in [5.74, 6) is 2.12. The standard InChI is InChI=1S/C32H44N2O4S2/c1-22-9-7-8-12-25(22)27-19-23(13-14-26(27)31(35)33-28(32(36)37)15-17-39-3)20-34-16-18-40-21-29(34)30(38-2)24-10-5-4-6-11-24/h7-9,12-14,19,24,28-30H,4-6,10-11,15-18,20-21H2,1-3H3,(H,33,35)(H,36,37)/t28-,29-,30?/m0/s1. The Hall–Kier alpha value is -2.00. The number of carboxylic acids is 1. The highest BCUT2D eigenvalue weighted by Gasteiger charge is 2.36. The maximum Gasteiger partial charge on any atom is 0.326 e. The van der Waals surface area contributed by atoms with Crippen molar-refractivity contribution in [1.82, 2.24) is 10.2 Å². The van der Waals surface area contributed by atoms with Crippen LogP contribution in [-0.4, -0.2) is 77.2 Å². The van der Waals surface area contributed by atoms with Gasteiger partial charge in [-0.3, -0.25) is 9.69 Å². The van der Waals surface area contributed by atoms with Crippen LogP contribution in [0.2, 0.25) is 0 Å². The zero-order valence-corrected chi connectivity index (χ0v) is 25.7. The highest BCUT2D eigenvalue weighted by molar-refractivity contribution is 7.99. The summed E-state index contributed by atoms with van der Waals surface area (Å²) in [4.78, 5) is 27.9. The van der Waals surface area contributed by atoms with E-state index in [1.165, 1.54) is 32.1 Å². The van der Waals surface area contributed by atoms with Gasteiger partial charge in [0.2, 0.25) is 0 Å². The van der Waals surface area contributed by atoms with Crippen LogP contribution in [0.3, 0.4) is 0 Å². The van der Waals surface area contributed by atoms with Crippen molar-refractivity contribution < 1.29 is 19.4 Å². The second kappa shape index (κ2) is 15.3. The normalized spacial score (nSPS) is 20.1. The predicted octanol–water partition coefficient (Wildman–Crippen LogP) is 6.11. The van der Waals surface area contributed by atoms with E-state index in [0.29, 0.717) is 29.7 Å². The van der Waals surface area contributed by atoms with Crippen LogP contribution in [0.15, 0.2) is 42.5 Å². The predicted molar refractivity (Wildman–Crippen MR) is 167 cm³/mol. The Bertz CT molecular complexity index is 1140. The molecule has 1 saturated heterocycles. The fourth-order valence-corrected chi connectivity index (χ4v) is 7.88. The molecule has 2 N–H and O–H groups in total. The zero-order chi connectivity index (χ0) is 28.5. The van der Waals surface area contributed by atoms with Crippen molar-refractivity contribution in [2.45, 2.75) is 70.2 Å². The molecule has 0 spiro atoms. The second-order valence-corrected chi connectivity index (χ2v) is 13.2. The molecule has 1 aliphatic heterocycles. The molecule has 1 amide bonds. The van der Waals surface area contributed by atoms with Crippen LogP contribution in [0, 0.1) is 12.8 Å². The van der Waals surface area contributed by atoms with E-state index in [1.54, 1.807) is 11.8 Å². The SMILES string of the molecule is COC(C1CCCCC1)[C@@H]1CSCCN1Cc1ccc(C(=O)N[C@@H](CCSC)C(=O)O)c(-c2ccccc2C)c1. The van der Waals surface area contributed by atoms with Crippen LogP contribution in [0.4, 0.5) is 0 Å². The molecule has 2 aliphatic rings. The second-order valence-electron chi connectivity index (χ2n) is 11.1. The van der Waals surface area contributed by atoms with Gasteiger partial charge in [0, 0.05) is 43.3 Å². The van der Waals surface area contributed by atoms with Gasteiger partial charge in [0.05, 0.1) is 6.10 Å². The Balaban J connectivity index is 1.62. The molecule has 4 rings (SSSR count). The van der Waals surface area contributed by atoms with E-state index in [2.05, 4.69) is 16.3 Å². The number of carbonyl (C=O) groups is 2. The number of methoxy groups -OCH3 is 1. The van der Waals surface area contributed by atoms with E-state index in [0.717, 1.165) is 46.8 Å².